The van der Waals surface area contributed by atoms with E-state index in [4.69, 9.17) is 0 Å². The maximum Gasteiger partial charge on any atom is 0.193 e. The SMILES string of the molecule is O=C(c1ccccc1)c1ccc(Sc2cccc(C(=O)c3ccccc3)c2)cc1. The first-order valence-corrected chi connectivity index (χ1v) is 10.1. The molecule has 0 aliphatic heterocycles. The molecule has 0 radical (unpaired) electrons. The summed E-state index contributed by atoms with van der Waals surface area (Å²) in [7, 11) is 0. The number of carbonyl (C=O) groups excluding carboxylic acids is 2. The van der Waals surface area contributed by atoms with Crippen LogP contribution in [0.4, 0.5) is 0 Å². The number of carbonyl (C=O) groups is 2. The molecule has 2 nitrogen and oxygen atoms in total. The summed E-state index contributed by atoms with van der Waals surface area (Å²) >= 11 is 1.57. The summed E-state index contributed by atoms with van der Waals surface area (Å²) in [5.74, 6) is 0.0226. The smallest absolute Gasteiger partial charge is 0.193 e. The molecule has 0 N–H and O–H groups in total. The highest BCUT2D eigenvalue weighted by molar-refractivity contribution is 7.99. The molecule has 0 aliphatic rings. The molecule has 0 aromatic heterocycles. The van der Waals surface area contributed by atoms with E-state index in [2.05, 4.69) is 0 Å². The van der Waals surface area contributed by atoms with Gasteiger partial charge in [0.05, 0.1) is 0 Å². The Kier molecular flexibility index (Phi) is 5.68. The predicted octanol–water partition coefficient (Wildman–Crippen LogP) is 6.30. The van der Waals surface area contributed by atoms with Gasteiger partial charge in [0.25, 0.3) is 0 Å². The minimum atomic E-state index is 0.0110. The first-order chi connectivity index (χ1) is 14.2. The van der Waals surface area contributed by atoms with Gasteiger partial charge in [-0.25, -0.2) is 0 Å². The minimum absolute atomic E-state index is 0.0110. The lowest BCUT2D eigenvalue weighted by atomic mass is 10.0. The summed E-state index contributed by atoms with van der Waals surface area (Å²) in [6.07, 6.45) is 0. The zero-order valence-corrected chi connectivity index (χ0v) is 16.4. The summed E-state index contributed by atoms with van der Waals surface area (Å²) in [4.78, 5) is 27.2. The summed E-state index contributed by atoms with van der Waals surface area (Å²) in [5, 5.41) is 0. The van der Waals surface area contributed by atoms with Gasteiger partial charge in [-0.3, -0.25) is 9.59 Å². The molecule has 0 saturated carbocycles. The molecule has 4 aromatic rings. The van der Waals surface area contributed by atoms with Crippen molar-refractivity contribution in [3.8, 4) is 0 Å². The van der Waals surface area contributed by atoms with E-state index in [0.717, 1.165) is 9.79 Å². The van der Waals surface area contributed by atoms with E-state index in [0.29, 0.717) is 22.3 Å². The van der Waals surface area contributed by atoms with Gasteiger partial charge in [-0.15, -0.1) is 0 Å². The second kappa shape index (κ2) is 8.72. The van der Waals surface area contributed by atoms with E-state index in [1.807, 2.05) is 109 Å². The average Bonchev–Trinajstić information content (AvgIpc) is 2.80. The first-order valence-electron chi connectivity index (χ1n) is 9.28. The molecule has 0 amide bonds. The van der Waals surface area contributed by atoms with E-state index >= 15 is 0 Å². The van der Waals surface area contributed by atoms with Gasteiger partial charge in [0.1, 0.15) is 0 Å². The van der Waals surface area contributed by atoms with Crippen molar-refractivity contribution in [2.24, 2.45) is 0 Å². The van der Waals surface area contributed by atoms with Crippen molar-refractivity contribution < 1.29 is 9.59 Å². The molecule has 0 aliphatic carbocycles. The Morgan fingerprint density at radius 1 is 0.448 bits per heavy atom. The normalized spacial score (nSPS) is 10.5. The highest BCUT2D eigenvalue weighted by Crippen LogP contribution is 2.29. The van der Waals surface area contributed by atoms with Crippen LogP contribution in [0.1, 0.15) is 31.8 Å². The van der Waals surface area contributed by atoms with E-state index < -0.39 is 0 Å². The molecule has 29 heavy (non-hydrogen) atoms. The van der Waals surface area contributed by atoms with E-state index in [1.54, 1.807) is 11.8 Å². The molecule has 0 spiro atoms. The third-order valence-corrected chi connectivity index (χ3v) is 5.52. The minimum Gasteiger partial charge on any atom is -0.289 e. The molecule has 4 rings (SSSR count). The van der Waals surface area contributed by atoms with Gasteiger partial charge in [0, 0.05) is 32.0 Å². The zero-order valence-electron chi connectivity index (χ0n) is 15.6. The lowest BCUT2D eigenvalue weighted by molar-refractivity contribution is 0.103. The number of hydrogen-bond donors (Lipinski definition) is 0. The van der Waals surface area contributed by atoms with Gasteiger partial charge in [-0.05, 0) is 36.4 Å². The van der Waals surface area contributed by atoms with Crippen LogP contribution in [0.5, 0.6) is 0 Å². The van der Waals surface area contributed by atoms with Gasteiger partial charge >= 0.3 is 0 Å². The summed E-state index contributed by atoms with van der Waals surface area (Å²) < 4.78 is 0. The second-order valence-corrected chi connectivity index (χ2v) is 7.69. The van der Waals surface area contributed by atoms with Gasteiger partial charge in [-0.2, -0.15) is 0 Å². The Hall–Kier alpha value is -3.43. The van der Waals surface area contributed by atoms with Gasteiger partial charge in [-0.1, -0.05) is 84.6 Å². The topological polar surface area (TPSA) is 34.1 Å². The third kappa shape index (κ3) is 4.53. The van der Waals surface area contributed by atoms with Crippen LogP contribution in [0.25, 0.3) is 0 Å². The maximum atomic E-state index is 12.7. The van der Waals surface area contributed by atoms with Crippen LogP contribution in [0.3, 0.4) is 0 Å². The van der Waals surface area contributed by atoms with Crippen LogP contribution in [0, 0.1) is 0 Å². The summed E-state index contributed by atoms with van der Waals surface area (Å²) in [5.41, 5.74) is 2.68. The Labute approximate surface area is 174 Å². The van der Waals surface area contributed by atoms with Crippen LogP contribution in [0.15, 0.2) is 119 Å². The highest BCUT2D eigenvalue weighted by Gasteiger charge is 2.11. The number of benzene rings is 4. The zero-order chi connectivity index (χ0) is 20.1. The average molecular weight is 394 g/mol. The van der Waals surface area contributed by atoms with Gasteiger partial charge in [0.2, 0.25) is 0 Å². The standard InChI is InChI=1S/C26H18O2S/c27-25(19-8-3-1-4-9-19)21-14-16-23(17-15-21)29-24-13-7-12-22(18-24)26(28)20-10-5-2-6-11-20/h1-18H. The monoisotopic (exact) mass is 394 g/mol. The number of rotatable bonds is 6. The largest absolute Gasteiger partial charge is 0.289 e. The molecule has 0 unspecified atom stereocenters. The van der Waals surface area contributed by atoms with Crippen molar-refractivity contribution in [3.63, 3.8) is 0 Å². The second-order valence-electron chi connectivity index (χ2n) is 6.54. The Morgan fingerprint density at radius 2 is 0.931 bits per heavy atom. The third-order valence-electron chi connectivity index (χ3n) is 4.52. The fourth-order valence-corrected chi connectivity index (χ4v) is 3.90. The van der Waals surface area contributed by atoms with E-state index in [-0.39, 0.29) is 11.6 Å². The molecule has 4 aromatic carbocycles. The van der Waals surface area contributed by atoms with Crippen LogP contribution < -0.4 is 0 Å². The maximum absolute atomic E-state index is 12.7. The molecule has 0 bridgehead atoms. The van der Waals surface area contributed by atoms with Crippen LogP contribution in [-0.4, -0.2) is 11.6 Å². The van der Waals surface area contributed by atoms with E-state index in [9.17, 15) is 9.59 Å². The molecule has 0 heterocycles. The fourth-order valence-electron chi connectivity index (χ4n) is 3.02. The molecule has 0 saturated heterocycles. The van der Waals surface area contributed by atoms with E-state index in [1.165, 1.54) is 0 Å². The molecule has 0 atom stereocenters. The number of hydrogen-bond acceptors (Lipinski definition) is 3. The summed E-state index contributed by atoms with van der Waals surface area (Å²) in [6, 6.07) is 33.7. The van der Waals surface area contributed by atoms with Crippen LogP contribution in [-0.2, 0) is 0 Å². The Bertz CT molecular complexity index is 1130. The van der Waals surface area contributed by atoms with Crippen molar-refractivity contribution in [1.82, 2.24) is 0 Å². The quantitative estimate of drug-likeness (QED) is 0.360. The van der Waals surface area contributed by atoms with Crippen LogP contribution >= 0.6 is 11.8 Å². The van der Waals surface area contributed by atoms with Gasteiger partial charge in [0.15, 0.2) is 11.6 Å². The lowest BCUT2D eigenvalue weighted by Crippen LogP contribution is -2.01. The summed E-state index contributed by atoms with van der Waals surface area (Å²) in [6.45, 7) is 0. The van der Waals surface area contributed by atoms with Gasteiger partial charge < -0.3 is 0 Å². The van der Waals surface area contributed by atoms with Crippen LogP contribution in [0.2, 0.25) is 0 Å². The van der Waals surface area contributed by atoms with Crippen molar-refractivity contribution >= 4 is 23.3 Å². The Balaban J connectivity index is 1.50. The van der Waals surface area contributed by atoms with Crippen molar-refractivity contribution in [1.29, 1.82) is 0 Å². The predicted molar refractivity (Wildman–Crippen MR) is 117 cm³/mol. The lowest BCUT2D eigenvalue weighted by Gasteiger charge is -2.06. The number of ketones is 2. The highest BCUT2D eigenvalue weighted by atomic mass is 32.2. The van der Waals surface area contributed by atoms with Crippen molar-refractivity contribution in [2.75, 3.05) is 0 Å². The molecule has 0 fully saturated rings. The molecular formula is C26H18O2S. The first kappa shape index (κ1) is 18.9. The fraction of sp³-hybridized carbons (Fsp3) is 0. The van der Waals surface area contributed by atoms with Crippen molar-refractivity contribution in [2.45, 2.75) is 9.79 Å². The van der Waals surface area contributed by atoms with Crippen molar-refractivity contribution in [3.05, 3.63) is 131 Å². The molecule has 140 valence electrons. The molecular weight excluding hydrogens is 376 g/mol. The molecule has 3 heteroatoms. The Morgan fingerprint density at radius 3 is 1.52 bits per heavy atom.